The van der Waals surface area contributed by atoms with Gasteiger partial charge in [0.2, 0.25) is 0 Å². The summed E-state index contributed by atoms with van der Waals surface area (Å²) in [5.41, 5.74) is 5.11. The molecule has 0 spiro atoms. The summed E-state index contributed by atoms with van der Waals surface area (Å²) in [5.74, 6) is 0. The number of nitrogens with two attached hydrogens (primary N) is 1. The Balaban J connectivity index is 2.96. The van der Waals surface area contributed by atoms with E-state index in [4.69, 9.17) is 5.73 Å². The second-order valence-electron chi connectivity index (χ2n) is 1.76. The quantitative estimate of drug-likeness (QED) is 0.645. The van der Waals surface area contributed by atoms with Gasteiger partial charge >= 0.3 is 0 Å². The Morgan fingerprint density at radius 3 is 2.70 bits per heavy atom. The van der Waals surface area contributed by atoms with E-state index >= 15 is 0 Å². The normalized spacial score (nSPS) is 10.3. The second-order valence-corrected chi connectivity index (χ2v) is 1.76. The summed E-state index contributed by atoms with van der Waals surface area (Å²) in [5, 5.41) is 0. The molecule has 0 aliphatic heterocycles. The molecule has 0 aliphatic rings. The molecular formula is C6H5F2N2. The minimum absolute atomic E-state index is 0.255. The van der Waals surface area contributed by atoms with E-state index in [1.807, 2.05) is 0 Å². The van der Waals surface area contributed by atoms with Gasteiger partial charge in [-0.05, 0) is 12.1 Å². The topological polar surface area (TPSA) is 38.9 Å². The molecule has 10 heavy (non-hydrogen) atoms. The first-order chi connectivity index (χ1) is 4.70. The van der Waals surface area contributed by atoms with Crippen LogP contribution in [-0.4, -0.2) is 4.98 Å². The highest BCUT2D eigenvalue weighted by molar-refractivity contribution is 5.36. The van der Waals surface area contributed by atoms with E-state index in [0.29, 0.717) is 0 Å². The number of aromatic nitrogens is 1. The van der Waals surface area contributed by atoms with Crippen molar-refractivity contribution in [2.24, 2.45) is 0 Å². The number of anilines is 1. The van der Waals surface area contributed by atoms with Gasteiger partial charge in [-0.15, -0.1) is 0 Å². The molecule has 1 rings (SSSR count). The van der Waals surface area contributed by atoms with Crippen molar-refractivity contribution in [3.05, 3.63) is 24.0 Å². The smallest absolute Gasteiger partial charge is 0.280 e. The molecule has 1 aromatic heterocycles. The predicted molar refractivity (Wildman–Crippen MR) is 32.4 cm³/mol. The summed E-state index contributed by atoms with van der Waals surface area (Å²) in [6.07, 6.45) is -0.314. The number of pyridine rings is 1. The Kier molecular flexibility index (Phi) is 1.80. The van der Waals surface area contributed by atoms with Crippen molar-refractivity contribution in [3.8, 4) is 0 Å². The summed E-state index contributed by atoms with van der Waals surface area (Å²) < 4.78 is 23.6. The van der Waals surface area contributed by atoms with Crippen molar-refractivity contribution in [2.45, 2.75) is 6.43 Å². The maximum atomic E-state index is 11.8. The van der Waals surface area contributed by atoms with Gasteiger partial charge < -0.3 is 5.73 Å². The minimum Gasteiger partial charge on any atom is -0.399 e. The van der Waals surface area contributed by atoms with Crippen LogP contribution in [0.25, 0.3) is 0 Å². The zero-order valence-corrected chi connectivity index (χ0v) is 5.01. The summed E-state index contributed by atoms with van der Waals surface area (Å²) in [4.78, 5) is 3.28. The number of hydrogen-bond acceptors (Lipinski definition) is 2. The maximum absolute atomic E-state index is 11.8. The van der Waals surface area contributed by atoms with E-state index in [-0.39, 0.29) is 11.4 Å². The van der Waals surface area contributed by atoms with Gasteiger partial charge in [0, 0.05) is 5.69 Å². The standard InChI is InChI=1S/C6H5F2N2/c7-6(8)5-3-4(9)1-2-10-5/h1,3,6H,(H2,9,10). The molecule has 4 heteroatoms. The zero-order valence-electron chi connectivity index (χ0n) is 5.01. The number of halogens is 2. The van der Waals surface area contributed by atoms with Crippen LogP contribution < -0.4 is 5.73 Å². The van der Waals surface area contributed by atoms with Gasteiger partial charge in [0.15, 0.2) is 0 Å². The van der Waals surface area contributed by atoms with Crippen LogP contribution in [0.4, 0.5) is 14.5 Å². The molecule has 1 aromatic rings. The van der Waals surface area contributed by atoms with E-state index in [1.54, 1.807) is 0 Å². The van der Waals surface area contributed by atoms with Crippen LogP contribution in [0.1, 0.15) is 12.1 Å². The largest absolute Gasteiger partial charge is 0.399 e. The van der Waals surface area contributed by atoms with Crippen LogP contribution in [-0.2, 0) is 0 Å². The van der Waals surface area contributed by atoms with Crippen molar-refractivity contribution in [1.29, 1.82) is 0 Å². The highest BCUT2D eigenvalue weighted by atomic mass is 19.3. The molecular weight excluding hydrogens is 138 g/mol. The Morgan fingerprint density at radius 1 is 1.60 bits per heavy atom. The Hall–Kier alpha value is -1.19. The summed E-state index contributed by atoms with van der Waals surface area (Å²) >= 11 is 0. The van der Waals surface area contributed by atoms with Crippen molar-refractivity contribution < 1.29 is 8.78 Å². The third-order valence-corrected chi connectivity index (χ3v) is 0.963. The molecule has 0 aliphatic carbocycles. The third-order valence-electron chi connectivity index (χ3n) is 0.963. The van der Waals surface area contributed by atoms with Crippen molar-refractivity contribution in [3.63, 3.8) is 0 Å². The van der Waals surface area contributed by atoms with Crippen molar-refractivity contribution in [1.82, 2.24) is 4.98 Å². The predicted octanol–water partition coefficient (Wildman–Crippen LogP) is 1.40. The van der Waals surface area contributed by atoms with Gasteiger partial charge in [-0.1, -0.05) is 0 Å². The molecule has 0 unspecified atom stereocenters. The second kappa shape index (κ2) is 2.60. The van der Waals surface area contributed by atoms with Crippen molar-refractivity contribution >= 4 is 5.69 Å². The lowest BCUT2D eigenvalue weighted by atomic mass is 10.3. The summed E-state index contributed by atoms with van der Waals surface area (Å²) in [6.45, 7) is 0. The average Bonchev–Trinajstić information content (AvgIpc) is 1.88. The number of hydrogen-bond donors (Lipinski definition) is 1. The lowest BCUT2D eigenvalue weighted by molar-refractivity contribution is 0.146. The van der Waals surface area contributed by atoms with Gasteiger partial charge in [0.1, 0.15) is 5.69 Å². The monoisotopic (exact) mass is 143 g/mol. The van der Waals surface area contributed by atoms with Crippen LogP contribution >= 0.6 is 0 Å². The van der Waals surface area contributed by atoms with E-state index < -0.39 is 6.43 Å². The molecule has 0 fully saturated rings. The van der Waals surface area contributed by atoms with Crippen LogP contribution in [0.3, 0.4) is 0 Å². The summed E-state index contributed by atoms with van der Waals surface area (Å²) in [6, 6.07) is 2.47. The van der Waals surface area contributed by atoms with Crippen LogP contribution in [0.2, 0.25) is 0 Å². The van der Waals surface area contributed by atoms with Crippen molar-refractivity contribution in [2.75, 3.05) is 5.73 Å². The number of alkyl halides is 2. The van der Waals surface area contributed by atoms with Crippen LogP contribution in [0.15, 0.2) is 12.1 Å². The molecule has 1 heterocycles. The first-order valence-corrected chi connectivity index (χ1v) is 2.62. The van der Waals surface area contributed by atoms with Crippen LogP contribution in [0, 0.1) is 6.20 Å². The zero-order chi connectivity index (χ0) is 7.56. The molecule has 0 bridgehead atoms. The van der Waals surface area contributed by atoms with Gasteiger partial charge in [-0.3, -0.25) is 0 Å². The number of rotatable bonds is 1. The fraction of sp³-hybridized carbons (Fsp3) is 0.167. The molecule has 0 atom stereocenters. The average molecular weight is 143 g/mol. The molecule has 2 N–H and O–H groups in total. The van der Waals surface area contributed by atoms with E-state index in [1.165, 1.54) is 6.07 Å². The van der Waals surface area contributed by atoms with Gasteiger partial charge in [-0.2, -0.15) is 0 Å². The molecule has 0 amide bonds. The third kappa shape index (κ3) is 1.40. The Bertz CT molecular complexity index is 225. The lowest BCUT2D eigenvalue weighted by Crippen LogP contribution is -1.92. The minimum atomic E-state index is -2.57. The first kappa shape index (κ1) is 6.92. The SMILES string of the molecule is Nc1c[c]nc(C(F)F)c1. The number of nitrogens with zero attached hydrogens (tertiary/aromatic N) is 1. The number of nitrogen functional groups attached to an aromatic ring is 1. The molecule has 53 valence electrons. The molecule has 0 saturated carbocycles. The molecule has 1 radical (unpaired) electrons. The fourth-order valence-electron chi connectivity index (χ4n) is 0.538. The highest BCUT2D eigenvalue weighted by Gasteiger charge is 2.07. The molecule has 0 saturated heterocycles. The first-order valence-electron chi connectivity index (χ1n) is 2.62. The molecule has 2 nitrogen and oxygen atoms in total. The van der Waals surface area contributed by atoms with Gasteiger partial charge in [-0.25, -0.2) is 13.8 Å². The van der Waals surface area contributed by atoms with E-state index in [9.17, 15) is 8.78 Å². The highest BCUT2D eigenvalue weighted by Crippen LogP contribution is 2.16. The Morgan fingerprint density at radius 2 is 2.30 bits per heavy atom. The summed E-state index contributed by atoms with van der Waals surface area (Å²) in [7, 11) is 0. The van der Waals surface area contributed by atoms with E-state index in [0.717, 1.165) is 6.07 Å². The maximum Gasteiger partial charge on any atom is 0.280 e. The fourth-order valence-corrected chi connectivity index (χ4v) is 0.538. The molecule has 0 aromatic carbocycles. The van der Waals surface area contributed by atoms with Gasteiger partial charge in [0.05, 0.1) is 6.20 Å². The van der Waals surface area contributed by atoms with Crippen LogP contribution in [0.5, 0.6) is 0 Å². The lowest BCUT2D eigenvalue weighted by Gasteiger charge is -1.96. The van der Waals surface area contributed by atoms with E-state index in [2.05, 4.69) is 11.2 Å². The Labute approximate surface area is 56.7 Å². The van der Waals surface area contributed by atoms with Gasteiger partial charge in [0.25, 0.3) is 6.43 Å².